The summed E-state index contributed by atoms with van der Waals surface area (Å²) in [6.07, 6.45) is 3.52. The molecule has 18 heavy (non-hydrogen) atoms. The Kier molecular flexibility index (Phi) is 5.77. The SMILES string of the molecule is CCC(N)c1cn(CC(=O)NCCC(C)C)nn1. The topological polar surface area (TPSA) is 85.8 Å². The maximum atomic E-state index is 11.6. The van der Waals surface area contributed by atoms with E-state index in [1.54, 1.807) is 6.20 Å². The molecule has 0 fully saturated rings. The first-order valence-corrected chi connectivity index (χ1v) is 6.45. The average Bonchev–Trinajstić information content (AvgIpc) is 2.76. The molecule has 1 rings (SSSR count). The van der Waals surface area contributed by atoms with Crippen molar-refractivity contribution >= 4 is 5.91 Å². The molecule has 0 aliphatic carbocycles. The van der Waals surface area contributed by atoms with Crippen LogP contribution in [-0.2, 0) is 11.3 Å². The minimum atomic E-state index is -0.109. The van der Waals surface area contributed by atoms with Gasteiger partial charge in [0.2, 0.25) is 5.91 Å². The van der Waals surface area contributed by atoms with Crippen LogP contribution in [0.15, 0.2) is 6.20 Å². The largest absolute Gasteiger partial charge is 0.354 e. The van der Waals surface area contributed by atoms with E-state index in [-0.39, 0.29) is 18.5 Å². The predicted octanol–water partition coefficient (Wildman–Crippen LogP) is 0.850. The summed E-state index contributed by atoms with van der Waals surface area (Å²) in [5.41, 5.74) is 6.56. The van der Waals surface area contributed by atoms with Gasteiger partial charge in [0, 0.05) is 6.54 Å². The van der Waals surface area contributed by atoms with Crippen LogP contribution in [0.25, 0.3) is 0 Å². The lowest BCUT2D eigenvalue weighted by Crippen LogP contribution is -2.29. The third-order valence-corrected chi connectivity index (χ3v) is 2.73. The highest BCUT2D eigenvalue weighted by Gasteiger charge is 2.10. The summed E-state index contributed by atoms with van der Waals surface area (Å²) in [5, 5.41) is 10.7. The Morgan fingerprint density at radius 1 is 1.56 bits per heavy atom. The Hall–Kier alpha value is -1.43. The number of nitrogens with one attached hydrogen (secondary N) is 1. The zero-order valence-electron chi connectivity index (χ0n) is 11.4. The fraction of sp³-hybridized carbons (Fsp3) is 0.750. The maximum Gasteiger partial charge on any atom is 0.241 e. The lowest BCUT2D eigenvalue weighted by Gasteiger charge is -2.06. The molecule has 0 aliphatic rings. The summed E-state index contributed by atoms with van der Waals surface area (Å²) in [6, 6.07) is -0.109. The second-order valence-electron chi connectivity index (χ2n) is 4.89. The molecule has 6 heteroatoms. The van der Waals surface area contributed by atoms with E-state index in [9.17, 15) is 4.79 Å². The van der Waals surface area contributed by atoms with Crippen LogP contribution in [-0.4, -0.2) is 27.4 Å². The number of carbonyl (C=O) groups is 1. The van der Waals surface area contributed by atoms with Crippen molar-refractivity contribution in [2.24, 2.45) is 11.7 Å². The molecule has 0 saturated carbocycles. The van der Waals surface area contributed by atoms with Gasteiger partial charge in [-0.1, -0.05) is 26.0 Å². The minimum Gasteiger partial charge on any atom is -0.354 e. The molecule has 1 unspecified atom stereocenters. The lowest BCUT2D eigenvalue weighted by molar-refractivity contribution is -0.121. The zero-order chi connectivity index (χ0) is 13.5. The highest BCUT2D eigenvalue weighted by molar-refractivity contribution is 5.75. The third-order valence-electron chi connectivity index (χ3n) is 2.73. The van der Waals surface area contributed by atoms with E-state index >= 15 is 0 Å². The van der Waals surface area contributed by atoms with Gasteiger partial charge in [-0.3, -0.25) is 4.79 Å². The summed E-state index contributed by atoms with van der Waals surface area (Å²) in [6.45, 7) is 7.14. The third kappa shape index (κ3) is 4.83. The van der Waals surface area contributed by atoms with Crippen molar-refractivity contribution in [2.45, 2.75) is 46.2 Å². The highest BCUT2D eigenvalue weighted by atomic mass is 16.2. The molecule has 1 aromatic rings. The number of nitrogens with zero attached hydrogens (tertiary/aromatic N) is 3. The zero-order valence-corrected chi connectivity index (χ0v) is 11.4. The average molecular weight is 253 g/mol. The van der Waals surface area contributed by atoms with Crippen molar-refractivity contribution in [3.05, 3.63) is 11.9 Å². The van der Waals surface area contributed by atoms with E-state index in [0.717, 1.165) is 18.5 Å². The van der Waals surface area contributed by atoms with Crippen LogP contribution in [0.2, 0.25) is 0 Å². The number of aromatic nitrogens is 3. The van der Waals surface area contributed by atoms with E-state index in [0.29, 0.717) is 12.5 Å². The fourth-order valence-electron chi connectivity index (χ4n) is 1.47. The second kappa shape index (κ2) is 7.10. The van der Waals surface area contributed by atoms with Crippen molar-refractivity contribution in [3.63, 3.8) is 0 Å². The molecule has 0 aliphatic heterocycles. The van der Waals surface area contributed by atoms with Crippen molar-refractivity contribution in [1.29, 1.82) is 0 Å². The van der Waals surface area contributed by atoms with Gasteiger partial charge < -0.3 is 11.1 Å². The van der Waals surface area contributed by atoms with Gasteiger partial charge in [0.05, 0.1) is 17.9 Å². The Bertz CT molecular complexity index is 374. The standard InChI is InChI=1S/C12H23N5O/c1-4-10(13)11-7-17(16-15-11)8-12(18)14-6-5-9(2)3/h7,9-10H,4-6,8,13H2,1-3H3,(H,14,18). The summed E-state index contributed by atoms with van der Waals surface area (Å²) in [4.78, 5) is 11.6. The molecule has 0 bridgehead atoms. The molecule has 6 nitrogen and oxygen atoms in total. The smallest absolute Gasteiger partial charge is 0.241 e. The lowest BCUT2D eigenvalue weighted by atomic mass is 10.1. The van der Waals surface area contributed by atoms with Gasteiger partial charge >= 0.3 is 0 Å². The first kappa shape index (κ1) is 14.6. The molecule has 0 radical (unpaired) electrons. The summed E-state index contributed by atoms with van der Waals surface area (Å²) < 4.78 is 1.52. The van der Waals surface area contributed by atoms with Gasteiger partial charge in [-0.2, -0.15) is 0 Å². The first-order chi connectivity index (χ1) is 8.52. The molecule has 0 saturated heterocycles. The van der Waals surface area contributed by atoms with Crippen molar-refractivity contribution < 1.29 is 4.79 Å². The molecule has 1 heterocycles. The number of nitrogens with two attached hydrogens (primary N) is 1. The Morgan fingerprint density at radius 3 is 2.89 bits per heavy atom. The molecular formula is C12H23N5O. The Labute approximate surface area is 108 Å². The van der Waals surface area contributed by atoms with Gasteiger partial charge in [-0.15, -0.1) is 5.10 Å². The van der Waals surface area contributed by atoms with Gasteiger partial charge in [0.25, 0.3) is 0 Å². The second-order valence-corrected chi connectivity index (χ2v) is 4.89. The van der Waals surface area contributed by atoms with Crippen molar-refractivity contribution in [2.75, 3.05) is 6.54 Å². The Balaban J connectivity index is 2.38. The predicted molar refractivity (Wildman–Crippen MR) is 69.7 cm³/mol. The van der Waals surface area contributed by atoms with E-state index < -0.39 is 0 Å². The highest BCUT2D eigenvalue weighted by Crippen LogP contribution is 2.08. The number of hydrogen-bond acceptors (Lipinski definition) is 4. The number of carbonyl (C=O) groups excluding carboxylic acids is 1. The van der Waals surface area contributed by atoms with Gasteiger partial charge in [0.1, 0.15) is 6.54 Å². The van der Waals surface area contributed by atoms with Crippen LogP contribution in [0.4, 0.5) is 0 Å². The molecule has 0 aromatic carbocycles. The molecule has 1 amide bonds. The molecular weight excluding hydrogens is 230 g/mol. The van der Waals surface area contributed by atoms with Gasteiger partial charge in [0.15, 0.2) is 0 Å². The molecule has 3 N–H and O–H groups in total. The summed E-state index contributed by atoms with van der Waals surface area (Å²) >= 11 is 0. The number of amides is 1. The van der Waals surface area contributed by atoms with Crippen LogP contribution < -0.4 is 11.1 Å². The van der Waals surface area contributed by atoms with Crippen LogP contribution in [0.5, 0.6) is 0 Å². The summed E-state index contributed by atoms with van der Waals surface area (Å²) in [5.74, 6) is 0.544. The monoisotopic (exact) mass is 253 g/mol. The van der Waals surface area contributed by atoms with E-state index in [4.69, 9.17) is 5.73 Å². The van der Waals surface area contributed by atoms with Crippen LogP contribution in [0, 0.1) is 5.92 Å². The van der Waals surface area contributed by atoms with Gasteiger partial charge in [-0.05, 0) is 18.8 Å². The quantitative estimate of drug-likeness (QED) is 0.754. The minimum absolute atomic E-state index is 0.0443. The van der Waals surface area contributed by atoms with Crippen LogP contribution >= 0.6 is 0 Å². The van der Waals surface area contributed by atoms with Crippen LogP contribution in [0.1, 0.15) is 45.3 Å². The molecule has 102 valence electrons. The normalized spacial score (nSPS) is 12.7. The van der Waals surface area contributed by atoms with E-state index in [1.165, 1.54) is 4.68 Å². The van der Waals surface area contributed by atoms with E-state index in [1.807, 2.05) is 6.92 Å². The molecule has 0 spiro atoms. The fourth-order valence-corrected chi connectivity index (χ4v) is 1.47. The first-order valence-electron chi connectivity index (χ1n) is 6.45. The maximum absolute atomic E-state index is 11.6. The molecule has 1 atom stereocenters. The van der Waals surface area contributed by atoms with E-state index in [2.05, 4.69) is 29.5 Å². The van der Waals surface area contributed by atoms with Crippen LogP contribution in [0.3, 0.4) is 0 Å². The van der Waals surface area contributed by atoms with Crippen molar-refractivity contribution in [3.8, 4) is 0 Å². The Morgan fingerprint density at radius 2 is 2.28 bits per heavy atom. The number of rotatable bonds is 7. The van der Waals surface area contributed by atoms with Gasteiger partial charge in [-0.25, -0.2) is 4.68 Å². The molecule has 1 aromatic heterocycles. The van der Waals surface area contributed by atoms with Crippen molar-refractivity contribution in [1.82, 2.24) is 20.3 Å². The summed E-state index contributed by atoms with van der Waals surface area (Å²) in [7, 11) is 0. The number of hydrogen-bond donors (Lipinski definition) is 2.